The summed E-state index contributed by atoms with van der Waals surface area (Å²) in [7, 11) is 1.93. The Morgan fingerprint density at radius 2 is 1.93 bits per heavy atom. The van der Waals surface area contributed by atoms with Crippen molar-refractivity contribution >= 4 is 29.0 Å². The number of thioether (sulfide) groups is 1. The maximum Gasteiger partial charge on any atom is 0.230 e. The number of thiophene rings is 1. The molecule has 0 radical (unpaired) electrons. The van der Waals surface area contributed by atoms with E-state index in [9.17, 15) is 4.79 Å². The molecule has 0 spiro atoms. The highest BCUT2D eigenvalue weighted by Crippen LogP contribution is 2.27. The molecular formula is C21H26N4OS2. The van der Waals surface area contributed by atoms with Crippen LogP contribution in [0.25, 0.3) is 11.4 Å². The van der Waals surface area contributed by atoms with E-state index < -0.39 is 0 Å². The molecule has 0 aliphatic carbocycles. The van der Waals surface area contributed by atoms with Crippen molar-refractivity contribution in [1.29, 1.82) is 0 Å². The molecule has 1 aromatic carbocycles. The lowest BCUT2D eigenvalue weighted by atomic mass is 9.87. The lowest BCUT2D eigenvalue weighted by Crippen LogP contribution is -2.27. The minimum atomic E-state index is -0.00928. The van der Waals surface area contributed by atoms with Crippen LogP contribution in [0.2, 0.25) is 0 Å². The fourth-order valence-corrected chi connectivity index (χ4v) is 4.29. The highest BCUT2D eigenvalue weighted by molar-refractivity contribution is 7.99. The van der Waals surface area contributed by atoms with Crippen molar-refractivity contribution in [2.75, 3.05) is 5.75 Å². The number of amides is 1. The van der Waals surface area contributed by atoms with Crippen molar-refractivity contribution in [3.63, 3.8) is 0 Å². The summed E-state index contributed by atoms with van der Waals surface area (Å²) in [5, 5.41) is 14.4. The molecule has 5 nitrogen and oxygen atoms in total. The molecule has 7 heteroatoms. The number of carbonyl (C=O) groups excluding carboxylic acids is 1. The molecule has 0 fully saturated rings. The molecular weight excluding hydrogens is 388 g/mol. The van der Waals surface area contributed by atoms with Gasteiger partial charge in [0.15, 0.2) is 11.0 Å². The molecule has 1 amide bonds. The largest absolute Gasteiger partial charge is 0.348 e. The van der Waals surface area contributed by atoms with Gasteiger partial charge in [-0.2, -0.15) is 0 Å². The summed E-state index contributed by atoms with van der Waals surface area (Å²) in [6, 6.07) is 12.5. The van der Waals surface area contributed by atoms with Gasteiger partial charge in [-0.3, -0.25) is 4.79 Å². The Morgan fingerprint density at radius 3 is 2.54 bits per heavy atom. The van der Waals surface area contributed by atoms with E-state index in [1.165, 1.54) is 17.3 Å². The first-order valence-corrected chi connectivity index (χ1v) is 11.1. The molecule has 1 N–H and O–H groups in total. The molecule has 0 aliphatic rings. The highest BCUT2D eigenvalue weighted by atomic mass is 32.2. The Kier molecular flexibility index (Phi) is 6.25. The van der Waals surface area contributed by atoms with Crippen LogP contribution in [0.4, 0.5) is 0 Å². The van der Waals surface area contributed by atoms with Crippen molar-refractivity contribution in [3.8, 4) is 11.4 Å². The van der Waals surface area contributed by atoms with Crippen LogP contribution in [0.15, 0.2) is 46.9 Å². The lowest BCUT2D eigenvalue weighted by Gasteiger charge is -2.19. The van der Waals surface area contributed by atoms with Crippen LogP contribution in [0.1, 0.15) is 44.2 Å². The van der Waals surface area contributed by atoms with Crippen molar-refractivity contribution in [1.82, 2.24) is 20.1 Å². The molecule has 3 rings (SSSR count). The Labute approximate surface area is 174 Å². The van der Waals surface area contributed by atoms with E-state index in [-0.39, 0.29) is 17.4 Å². The molecule has 2 heterocycles. The molecule has 0 saturated carbocycles. The highest BCUT2D eigenvalue weighted by Gasteiger charge is 2.17. The van der Waals surface area contributed by atoms with Crippen molar-refractivity contribution in [2.45, 2.75) is 44.3 Å². The third-order valence-corrected chi connectivity index (χ3v) is 6.60. The maximum absolute atomic E-state index is 12.3. The summed E-state index contributed by atoms with van der Waals surface area (Å²) in [5.41, 5.74) is 2.42. The minimum Gasteiger partial charge on any atom is -0.348 e. The average Bonchev–Trinajstić information content (AvgIpc) is 3.29. The van der Waals surface area contributed by atoms with E-state index in [1.54, 1.807) is 11.3 Å². The lowest BCUT2D eigenvalue weighted by molar-refractivity contribution is -0.119. The van der Waals surface area contributed by atoms with Crippen LogP contribution in [0.5, 0.6) is 0 Å². The smallest absolute Gasteiger partial charge is 0.230 e. The number of hydrogen-bond acceptors (Lipinski definition) is 5. The first-order valence-electron chi connectivity index (χ1n) is 9.21. The van der Waals surface area contributed by atoms with Gasteiger partial charge in [0.1, 0.15) is 0 Å². The van der Waals surface area contributed by atoms with Gasteiger partial charge in [-0.1, -0.05) is 62.9 Å². The van der Waals surface area contributed by atoms with E-state index in [4.69, 9.17) is 0 Å². The van der Waals surface area contributed by atoms with E-state index >= 15 is 0 Å². The SMILES string of the molecule is C[C@H](NC(=O)CSc1nnc(-c2ccc(C(C)(C)C)cc2)n1C)c1cccs1. The van der Waals surface area contributed by atoms with Gasteiger partial charge < -0.3 is 9.88 Å². The van der Waals surface area contributed by atoms with Gasteiger partial charge in [-0.15, -0.1) is 21.5 Å². The molecule has 28 heavy (non-hydrogen) atoms. The Morgan fingerprint density at radius 1 is 1.21 bits per heavy atom. The van der Waals surface area contributed by atoms with Crippen LogP contribution in [0, 0.1) is 0 Å². The molecule has 148 valence electrons. The van der Waals surface area contributed by atoms with Crippen LogP contribution < -0.4 is 5.32 Å². The topological polar surface area (TPSA) is 59.8 Å². The standard InChI is InChI=1S/C21H26N4OS2/c1-14(17-7-6-12-27-17)22-18(26)13-28-20-24-23-19(25(20)5)15-8-10-16(11-9-15)21(2,3)4/h6-12,14H,13H2,1-5H3,(H,22,26)/t14-/m0/s1. The Balaban J connectivity index is 1.62. The monoisotopic (exact) mass is 414 g/mol. The molecule has 0 bridgehead atoms. The molecule has 3 aromatic rings. The first-order chi connectivity index (χ1) is 13.3. The van der Waals surface area contributed by atoms with Crippen molar-refractivity contribution < 1.29 is 4.79 Å². The van der Waals surface area contributed by atoms with Crippen LogP contribution in [-0.2, 0) is 17.3 Å². The van der Waals surface area contributed by atoms with Crippen molar-refractivity contribution in [3.05, 3.63) is 52.2 Å². The van der Waals surface area contributed by atoms with Gasteiger partial charge in [0.05, 0.1) is 11.8 Å². The molecule has 0 saturated heterocycles. The molecule has 0 aliphatic heterocycles. The summed E-state index contributed by atoms with van der Waals surface area (Å²) in [4.78, 5) is 13.4. The number of nitrogens with zero attached hydrogens (tertiary/aromatic N) is 3. The second-order valence-electron chi connectivity index (χ2n) is 7.79. The first kappa shape index (κ1) is 20.6. The number of nitrogens with one attached hydrogen (secondary N) is 1. The molecule has 2 aromatic heterocycles. The zero-order chi connectivity index (χ0) is 20.3. The quantitative estimate of drug-likeness (QED) is 0.588. The van der Waals surface area contributed by atoms with E-state index in [1.807, 2.05) is 36.1 Å². The van der Waals surface area contributed by atoms with E-state index in [0.29, 0.717) is 5.75 Å². The summed E-state index contributed by atoms with van der Waals surface area (Å²) in [6.45, 7) is 8.59. The number of aromatic nitrogens is 3. The van der Waals surface area contributed by atoms with Gasteiger partial charge in [-0.05, 0) is 29.3 Å². The normalized spacial score (nSPS) is 12.8. The van der Waals surface area contributed by atoms with Crippen molar-refractivity contribution in [2.24, 2.45) is 7.05 Å². The van der Waals surface area contributed by atoms with Gasteiger partial charge >= 0.3 is 0 Å². The van der Waals surface area contributed by atoms with E-state index in [2.05, 4.69) is 60.6 Å². The van der Waals surface area contributed by atoms with Crippen LogP contribution in [-0.4, -0.2) is 26.4 Å². The second-order valence-corrected chi connectivity index (χ2v) is 9.71. The minimum absolute atomic E-state index is 0.00928. The average molecular weight is 415 g/mol. The summed E-state index contributed by atoms with van der Waals surface area (Å²) < 4.78 is 1.94. The fraction of sp³-hybridized carbons (Fsp3) is 0.381. The van der Waals surface area contributed by atoms with E-state index in [0.717, 1.165) is 21.4 Å². The van der Waals surface area contributed by atoms with Crippen LogP contribution in [0.3, 0.4) is 0 Å². The second kappa shape index (κ2) is 8.49. The predicted molar refractivity (Wildman–Crippen MR) is 117 cm³/mol. The molecule has 0 unspecified atom stereocenters. The number of hydrogen-bond donors (Lipinski definition) is 1. The predicted octanol–water partition coefficient (Wildman–Crippen LogP) is 4.81. The third kappa shape index (κ3) is 4.83. The molecule has 1 atom stereocenters. The number of benzene rings is 1. The summed E-state index contributed by atoms with van der Waals surface area (Å²) >= 11 is 3.04. The van der Waals surface area contributed by atoms with Gasteiger partial charge in [0, 0.05) is 17.5 Å². The number of carbonyl (C=O) groups is 1. The zero-order valence-corrected chi connectivity index (χ0v) is 18.5. The maximum atomic E-state index is 12.3. The van der Waals surface area contributed by atoms with Crippen LogP contribution >= 0.6 is 23.1 Å². The Bertz CT molecular complexity index is 924. The fourth-order valence-electron chi connectivity index (χ4n) is 2.83. The summed E-state index contributed by atoms with van der Waals surface area (Å²) in [6.07, 6.45) is 0. The third-order valence-electron chi connectivity index (χ3n) is 4.52. The van der Waals surface area contributed by atoms with Gasteiger partial charge in [0.25, 0.3) is 0 Å². The summed E-state index contributed by atoms with van der Waals surface area (Å²) in [5.74, 6) is 1.10. The number of rotatable bonds is 6. The zero-order valence-electron chi connectivity index (χ0n) is 16.9. The van der Waals surface area contributed by atoms with Gasteiger partial charge in [-0.25, -0.2) is 0 Å². The Hall–Kier alpha value is -2.12. The van der Waals surface area contributed by atoms with Gasteiger partial charge in [0.2, 0.25) is 5.91 Å².